The minimum Gasteiger partial charge on any atom is -0.299 e. The average molecular weight is 262 g/mol. The fraction of sp³-hybridized carbons (Fsp3) is 0.333. The van der Waals surface area contributed by atoms with Gasteiger partial charge in [-0.05, 0) is 23.8 Å². The average Bonchev–Trinajstić information content (AvgIpc) is 2.27. The number of halogens is 1. The van der Waals surface area contributed by atoms with Crippen LogP contribution < -0.4 is 0 Å². The first-order valence-electron chi connectivity index (χ1n) is 5.94. The van der Waals surface area contributed by atoms with Crippen molar-refractivity contribution in [1.29, 1.82) is 0 Å². The smallest absolute Gasteiger partial charge is 0.142 e. The Labute approximate surface area is 112 Å². The number of fused-ring (bicyclic) bond motifs is 1. The maximum Gasteiger partial charge on any atom is 0.142 e. The molecule has 0 aliphatic heterocycles. The topological polar surface area (TPSA) is 30.0 Å². The molecule has 0 spiro atoms. The first-order valence-corrected chi connectivity index (χ1v) is 6.32. The van der Waals surface area contributed by atoms with Crippen molar-refractivity contribution in [2.75, 3.05) is 0 Å². The molecule has 1 aromatic heterocycles. The van der Waals surface area contributed by atoms with E-state index < -0.39 is 0 Å². The lowest BCUT2D eigenvalue weighted by molar-refractivity contribution is -0.125. The Kier molecular flexibility index (Phi) is 3.40. The molecular formula is C15H16ClNO. The van der Waals surface area contributed by atoms with E-state index in [9.17, 15) is 4.79 Å². The van der Waals surface area contributed by atoms with Crippen LogP contribution in [0.2, 0.25) is 5.02 Å². The largest absolute Gasteiger partial charge is 0.299 e. The number of carbonyl (C=O) groups excluding carboxylic acids is 1. The molecule has 0 amide bonds. The van der Waals surface area contributed by atoms with Crippen LogP contribution in [0.1, 0.15) is 26.3 Å². The molecule has 0 N–H and O–H groups in total. The number of hydrogen-bond acceptors (Lipinski definition) is 2. The lowest BCUT2D eigenvalue weighted by Gasteiger charge is -2.17. The van der Waals surface area contributed by atoms with E-state index in [1.54, 1.807) is 6.20 Å². The Bertz CT molecular complexity index is 599. The molecule has 1 aromatic carbocycles. The molecule has 18 heavy (non-hydrogen) atoms. The monoisotopic (exact) mass is 261 g/mol. The van der Waals surface area contributed by atoms with Gasteiger partial charge in [-0.15, -0.1) is 0 Å². The van der Waals surface area contributed by atoms with Gasteiger partial charge in [-0.1, -0.05) is 38.4 Å². The molecule has 0 atom stereocenters. The van der Waals surface area contributed by atoms with Gasteiger partial charge in [0.2, 0.25) is 0 Å². The van der Waals surface area contributed by atoms with E-state index >= 15 is 0 Å². The van der Waals surface area contributed by atoms with Gasteiger partial charge < -0.3 is 0 Å². The maximum absolute atomic E-state index is 12.1. The van der Waals surface area contributed by atoms with Gasteiger partial charge in [0, 0.05) is 28.4 Å². The summed E-state index contributed by atoms with van der Waals surface area (Å²) in [6.07, 6.45) is 2.16. The molecular weight excluding hydrogens is 246 g/mol. The summed E-state index contributed by atoms with van der Waals surface area (Å²) in [5, 5.41) is 1.66. The normalized spacial score (nSPS) is 11.8. The van der Waals surface area contributed by atoms with Crippen LogP contribution in [0, 0.1) is 5.41 Å². The van der Waals surface area contributed by atoms with E-state index in [1.165, 1.54) is 0 Å². The second kappa shape index (κ2) is 4.69. The van der Waals surface area contributed by atoms with E-state index in [0.717, 1.165) is 16.5 Å². The van der Waals surface area contributed by atoms with Gasteiger partial charge in [0.05, 0.1) is 5.52 Å². The summed E-state index contributed by atoms with van der Waals surface area (Å²) in [6.45, 7) is 5.82. The van der Waals surface area contributed by atoms with Gasteiger partial charge in [0.15, 0.2) is 0 Å². The lowest BCUT2D eigenvalue weighted by atomic mass is 9.86. The van der Waals surface area contributed by atoms with Crippen molar-refractivity contribution in [2.45, 2.75) is 27.2 Å². The van der Waals surface area contributed by atoms with Gasteiger partial charge in [-0.25, -0.2) is 0 Å². The van der Waals surface area contributed by atoms with Gasteiger partial charge in [0.25, 0.3) is 0 Å². The minimum absolute atomic E-state index is 0.227. The number of ketones is 1. The first kappa shape index (κ1) is 13.0. The molecule has 0 unspecified atom stereocenters. The third-order valence-electron chi connectivity index (χ3n) is 2.98. The number of pyridine rings is 1. The van der Waals surface area contributed by atoms with Crippen LogP contribution in [0.25, 0.3) is 10.9 Å². The van der Waals surface area contributed by atoms with Crippen LogP contribution in [0.4, 0.5) is 0 Å². The second-order valence-electron chi connectivity index (χ2n) is 5.48. The van der Waals surface area contributed by atoms with Crippen LogP contribution >= 0.6 is 11.6 Å². The van der Waals surface area contributed by atoms with E-state index in [0.29, 0.717) is 11.4 Å². The Hall–Kier alpha value is -1.41. The van der Waals surface area contributed by atoms with Gasteiger partial charge in [0.1, 0.15) is 5.78 Å². The Balaban J connectivity index is 2.43. The highest BCUT2D eigenvalue weighted by Gasteiger charge is 2.21. The molecule has 0 fully saturated rings. The number of aromatic nitrogens is 1. The number of benzene rings is 1. The first-order chi connectivity index (χ1) is 8.38. The van der Waals surface area contributed by atoms with E-state index in [1.807, 2.05) is 45.0 Å². The van der Waals surface area contributed by atoms with Gasteiger partial charge >= 0.3 is 0 Å². The van der Waals surface area contributed by atoms with Crippen molar-refractivity contribution in [3.05, 3.63) is 41.0 Å². The minimum atomic E-state index is -0.317. The van der Waals surface area contributed by atoms with Crippen molar-refractivity contribution in [2.24, 2.45) is 5.41 Å². The third kappa shape index (κ3) is 2.70. The summed E-state index contributed by atoms with van der Waals surface area (Å²) in [4.78, 5) is 16.4. The number of nitrogens with zero attached hydrogens (tertiary/aromatic N) is 1. The predicted octanol–water partition coefficient (Wildman–Crippen LogP) is 4.05. The molecule has 2 nitrogen and oxygen atoms in total. The Morgan fingerprint density at radius 1 is 1.28 bits per heavy atom. The fourth-order valence-corrected chi connectivity index (χ4v) is 1.94. The van der Waals surface area contributed by atoms with Crippen LogP contribution in [0.15, 0.2) is 30.5 Å². The summed E-state index contributed by atoms with van der Waals surface area (Å²) in [7, 11) is 0. The SMILES string of the molecule is CC(C)(C)C(=O)Cc1ccnc2cc(Cl)ccc12. The van der Waals surface area contributed by atoms with Crippen molar-refractivity contribution in [3.63, 3.8) is 0 Å². The quantitative estimate of drug-likeness (QED) is 0.816. The summed E-state index contributed by atoms with van der Waals surface area (Å²) in [5.41, 5.74) is 1.53. The lowest BCUT2D eigenvalue weighted by Crippen LogP contribution is -2.22. The molecule has 0 saturated carbocycles. The summed E-state index contributed by atoms with van der Waals surface area (Å²) >= 11 is 5.94. The highest BCUT2D eigenvalue weighted by molar-refractivity contribution is 6.31. The molecule has 0 saturated heterocycles. The molecule has 0 aliphatic rings. The fourth-order valence-electron chi connectivity index (χ4n) is 1.77. The summed E-state index contributed by atoms with van der Waals surface area (Å²) in [6, 6.07) is 7.48. The number of Topliss-reactive ketones (excluding diaryl/α,β-unsaturated/α-hetero) is 1. The van der Waals surface area contributed by atoms with Gasteiger partial charge in [-0.2, -0.15) is 0 Å². The van der Waals surface area contributed by atoms with Crippen molar-refractivity contribution < 1.29 is 4.79 Å². The molecule has 94 valence electrons. The maximum atomic E-state index is 12.1. The molecule has 2 rings (SSSR count). The van der Waals surface area contributed by atoms with E-state index in [4.69, 9.17) is 11.6 Å². The van der Waals surface area contributed by atoms with Crippen LogP contribution in [-0.4, -0.2) is 10.8 Å². The van der Waals surface area contributed by atoms with Crippen LogP contribution in [-0.2, 0) is 11.2 Å². The number of carbonyl (C=O) groups is 1. The second-order valence-corrected chi connectivity index (χ2v) is 5.92. The highest BCUT2D eigenvalue weighted by atomic mass is 35.5. The molecule has 0 bridgehead atoms. The summed E-state index contributed by atoms with van der Waals surface area (Å²) in [5.74, 6) is 0.227. The Morgan fingerprint density at radius 3 is 2.67 bits per heavy atom. The molecule has 0 aliphatic carbocycles. The zero-order valence-corrected chi connectivity index (χ0v) is 11.6. The molecule has 3 heteroatoms. The molecule has 0 radical (unpaired) electrons. The number of hydrogen-bond donors (Lipinski definition) is 0. The molecule has 2 aromatic rings. The highest BCUT2D eigenvalue weighted by Crippen LogP contribution is 2.24. The standard InChI is InChI=1S/C15H16ClNO/c1-15(2,3)14(18)8-10-6-7-17-13-9-11(16)4-5-12(10)13/h4-7,9H,8H2,1-3H3. The summed E-state index contributed by atoms with van der Waals surface area (Å²) < 4.78 is 0. The van der Waals surface area contributed by atoms with E-state index in [-0.39, 0.29) is 11.2 Å². The molecule has 1 heterocycles. The van der Waals surface area contributed by atoms with Crippen molar-refractivity contribution >= 4 is 28.3 Å². The van der Waals surface area contributed by atoms with Crippen LogP contribution in [0.5, 0.6) is 0 Å². The third-order valence-corrected chi connectivity index (χ3v) is 3.22. The van der Waals surface area contributed by atoms with Crippen molar-refractivity contribution in [1.82, 2.24) is 4.98 Å². The zero-order valence-electron chi connectivity index (χ0n) is 10.8. The zero-order chi connectivity index (χ0) is 13.3. The van der Waals surface area contributed by atoms with Crippen molar-refractivity contribution in [3.8, 4) is 0 Å². The number of rotatable bonds is 2. The predicted molar refractivity (Wildman–Crippen MR) is 74.9 cm³/mol. The van der Waals surface area contributed by atoms with E-state index in [2.05, 4.69) is 4.98 Å². The van der Waals surface area contributed by atoms with Crippen LogP contribution in [0.3, 0.4) is 0 Å². The Morgan fingerprint density at radius 2 is 2.00 bits per heavy atom. The van der Waals surface area contributed by atoms with Gasteiger partial charge in [-0.3, -0.25) is 9.78 Å².